The molecule has 100 valence electrons. The number of carbonyl (C=O) groups excluding carboxylic acids is 1. The number of nitrogens with zero attached hydrogens (tertiary/aromatic N) is 2. The number of anilines is 1. The van der Waals surface area contributed by atoms with Gasteiger partial charge in [0.25, 0.3) is 0 Å². The van der Waals surface area contributed by atoms with Crippen molar-refractivity contribution in [2.24, 2.45) is 0 Å². The molecule has 19 heavy (non-hydrogen) atoms. The van der Waals surface area contributed by atoms with E-state index in [1.54, 1.807) is 24.8 Å². The van der Waals surface area contributed by atoms with Crippen LogP contribution >= 0.6 is 11.8 Å². The molecule has 0 saturated carbocycles. The molecule has 0 aliphatic heterocycles. The molecule has 6 heteroatoms. The minimum Gasteiger partial charge on any atom is -0.360 e. The van der Waals surface area contributed by atoms with Crippen molar-refractivity contribution in [2.75, 3.05) is 11.1 Å². The van der Waals surface area contributed by atoms with E-state index in [0.717, 1.165) is 10.6 Å². The zero-order chi connectivity index (χ0) is 13.7. The summed E-state index contributed by atoms with van der Waals surface area (Å²) in [4.78, 5) is 15.9. The predicted octanol–water partition coefficient (Wildman–Crippen LogP) is 2.81. The number of pyridine rings is 1. The molecule has 0 bridgehead atoms. The summed E-state index contributed by atoms with van der Waals surface area (Å²) in [5, 5.41) is 7.31. The molecule has 0 saturated heterocycles. The van der Waals surface area contributed by atoms with Gasteiger partial charge in [-0.05, 0) is 25.5 Å². The lowest BCUT2D eigenvalue weighted by molar-refractivity contribution is -0.115. The van der Waals surface area contributed by atoms with Crippen molar-refractivity contribution in [1.82, 2.24) is 10.1 Å². The van der Waals surface area contributed by atoms with Crippen LogP contribution in [-0.4, -0.2) is 21.8 Å². The van der Waals surface area contributed by atoms with Crippen LogP contribution in [0.15, 0.2) is 33.9 Å². The van der Waals surface area contributed by atoms with Gasteiger partial charge >= 0.3 is 0 Å². The van der Waals surface area contributed by atoms with Gasteiger partial charge in [-0.15, -0.1) is 11.8 Å². The lowest BCUT2D eigenvalue weighted by Crippen LogP contribution is -2.12. The predicted molar refractivity (Wildman–Crippen MR) is 74.2 cm³/mol. The van der Waals surface area contributed by atoms with Gasteiger partial charge in [0.2, 0.25) is 5.91 Å². The van der Waals surface area contributed by atoms with E-state index >= 15 is 0 Å². The van der Waals surface area contributed by atoms with Crippen LogP contribution in [-0.2, 0) is 4.79 Å². The molecule has 2 aromatic heterocycles. The molecule has 0 aliphatic rings. The molecule has 2 heterocycles. The number of carbonyl (C=O) groups is 1. The summed E-state index contributed by atoms with van der Waals surface area (Å²) in [6.45, 7) is 3.77. The van der Waals surface area contributed by atoms with Crippen molar-refractivity contribution in [1.29, 1.82) is 0 Å². The van der Waals surface area contributed by atoms with Crippen molar-refractivity contribution < 1.29 is 9.32 Å². The number of aromatic nitrogens is 2. The maximum atomic E-state index is 11.6. The number of hydrogen-bond acceptors (Lipinski definition) is 5. The van der Waals surface area contributed by atoms with Gasteiger partial charge in [-0.2, -0.15) is 0 Å². The minimum absolute atomic E-state index is 0.0760. The first kappa shape index (κ1) is 13.6. The van der Waals surface area contributed by atoms with E-state index in [9.17, 15) is 4.79 Å². The van der Waals surface area contributed by atoms with Crippen molar-refractivity contribution in [2.45, 2.75) is 25.3 Å². The molecular formula is C13H15N3O2S. The van der Waals surface area contributed by atoms with Gasteiger partial charge in [0, 0.05) is 24.4 Å². The Morgan fingerprint density at radius 2 is 2.26 bits per heavy atom. The fourth-order valence-electron chi connectivity index (χ4n) is 1.42. The second-order valence-corrected chi connectivity index (χ2v) is 5.26. The SMILES string of the molecule is Cc1ccc(SCCC(=O)Nc2cc(C)on2)nc1. The largest absolute Gasteiger partial charge is 0.360 e. The summed E-state index contributed by atoms with van der Waals surface area (Å²) in [5.41, 5.74) is 1.13. The third-order valence-electron chi connectivity index (χ3n) is 2.36. The Morgan fingerprint density at radius 1 is 1.42 bits per heavy atom. The van der Waals surface area contributed by atoms with E-state index in [1.165, 1.54) is 0 Å². The van der Waals surface area contributed by atoms with E-state index < -0.39 is 0 Å². The average Bonchev–Trinajstić information content (AvgIpc) is 2.77. The Labute approximate surface area is 115 Å². The van der Waals surface area contributed by atoms with Gasteiger partial charge in [-0.25, -0.2) is 4.98 Å². The van der Waals surface area contributed by atoms with E-state index in [4.69, 9.17) is 4.52 Å². The number of amides is 1. The topological polar surface area (TPSA) is 68.0 Å². The Morgan fingerprint density at radius 3 is 2.89 bits per heavy atom. The Hall–Kier alpha value is -1.82. The summed E-state index contributed by atoms with van der Waals surface area (Å²) in [6.07, 6.45) is 2.23. The summed E-state index contributed by atoms with van der Waals surface area (Å²) in [6, 6.07) is 5.65. The lowest BCUT2D eigenvalue weighted by Gasteiger charge is -2.02. The quantitative estimate of drug-likeness (QED) is 0.851. The summed E-state index contributed by atoms with van der Waals surface area (Å²) in [7, 11) is 0. The van der Waals surface area contributed by atoms with Gasteiger partial charge in [0.05, 0.1) is 5.03 Å². The van der Waals surface area contributed by atoms with Crippen LogP contribution in [0, 0.1) is 13.8 Å². The summed E-state index contributed by atoms with van der Waals surface area (Å²) >= 11 is 1.56. The molecule has 1 amide bonds. The van der Waals surface area contributed by atoms with Crippen molar-refractivity contribution >= 4 is 23.5 Å². The Kier molecular flexibility index (Phi) is 4.57. The molecule has 2 rings (SSSR count). The van der Waals surface area contributed by atoms with Crippen molar-refractivity contribution in [3.63, 3.8) is 0 Å². The first-order valence-corrected chi connectivity index (χ1v) is 6.90. The maximum Gasteiger partial charge on any atom is 0.226 e. The molecule has 0 aliphatic carbocycles. The van der Waals surface area contributed by atoms with E-state index in [2.05, 4.69) is 15.5 Å². The van der Waals surface area contributed by atoms with Crippen molar-refractivity contribution in [3.05, 3.63) is 35.7 Å². The number of nitrogens with one attached hydrogen (secondary N) is 1. The van der Waals surface area contributed by atoms with Crippen LogP contribution in [0.5, 0.6) is 0 Å². The Bertz CT molecular complexity index is 551. The van der Waals surface area contributed by atoms with Gasteiger partial charge in [0.15, 0.2) is 5.82 Å². The fourth-order valence-corrected chi connectivity index (χ4v) is 2.21. The molecule has 0 atom stereocenters. The molecule has 0 fully saturated rings. The van der Waals surface area contributed by atoms with Crippen LogP contribution in [0.1, 0.15) is 17.7 Å². The maximum absolute atomic E-state index is 11.6. The molecule has 0 aromatic carbocycles. The number of thioether (sulfide) groups is 1. The standard InChI is InChI=1S/C13H15N3O2S/c1-9-3-4-13(14-8-9)19-6-5-12(17)15-11-7-10(2)18-16-11/h3-4,7-8H,5-6H2,1-2H3,(H,15,16,17). The second-order valence-electron chi connectivity index (χ2n) is 4.14. The van der Waals surface area contributed by atoms with Gasteiger partial charge in [-0.1, -0.05) is 11.2 Å². The fraction of sp³-hybridized carbons (Fsp3) is 0.308. The van der Waals surface area contributed by atoms with Crippen LogP contribution in [0.3, 0.4) is 0 Å². The molecule has 0 unspecified atom stereocenters. The van der Waals surface area contributed by atoms with Crippen LogP contribution < -0.4 is 5.32 Å². The van der Waals surface area contributed by atoms with Crippen LogP contribution in [0.4, 0.5) is 5.82 Å². The highest BCUT2D eigenvalue weighted by atomic mass is 32.2. The lowest BCUT2D eigenvalue weighted by atomic mass is 10.3. The highest BCUT2D eigenvalue weighted by Gasteiger charge is 2.06. The molecule has 1 N–H and O–H groups in total. The average molecular weight is 277 g/mol. The number of aryl methyl sites for hydroxylation is 2. The number of rotatable bonds is 5. The summed E-state index contributed by atoms with van der Waals surface area (Å²) in [5.74, 6) is 1.74. The molecular weight excluding hydrogens is 262 g/mol. The molecule has 0 spiro atoms. The highest BCUT2D eigenvalue weighted by molar-refractivity contribution is 7.99. The van der Waals surface area contributed by atoms with Gasteiger partial charge in [-0.3, -0.25) is 4.79 Å². The molecule has 5 nitrogen and oxygen atoms in total. The first-order valence-electron chi connectivity index (χ1n) is 5.92. The first-order chi connectivity index (χ1) is 9.13. The Balaban J connectivity index is 1.73. The third-order valence-corrected chi connectivity index (χ3v) is 3.30. The van der Waals surface area contributed by atoms with Gasteiger partial charge in [0.1, 0.15) is 5.76 Å². The summed E-state index contributed by atoms with van der Waals surface area (Å²) < 4.78 is 4.87. The van der Waals surface area contributed by atoms with Crippen LogP contribution in [0.25, 0.3) is 0 Å². The smallest absolute Gasteiger partial charge is 0.226 e. The monoisotopic (exact) mass is 277 g/mol. The zero-order valence-corrected chi connectivity index (χ0v) is 11.7. The minimum atomic E-state index is -0.0760. The molecule has 2 aromatic rings. The van der Waals surface area contributed by atoms with Crippen LogP contribution in [0.2, 0.25) is 0 Å². The highest BCUT2D eigenvalue weighted by Crippen LogP contribution is 2.16. The van der Waals surface area contributed by atoms with Crippen molar-refractivity contribution in [3.8, 4) is 0 Å². The van der Waals surface area contributed by atoms with E-state index in [-0.39, 0.29) is 5.91 Å². The van der Waals surface area contributed by atoms with Gasteiger partial charge < -0.3 is 9.84 Å². The molecule has 0 radical (unpaired) electrons. The second kappa shape index (κ2) is 6.38. The third kappa shape index (κ3) is 4.40. The van der Waals surface area contributed by atoms with E-state index in [0.29, 0.717) is 23.8 Å². The van der Waals surface area contributed by atoms with E-state index in [1.807, 2.05) is 25.3 Å². The number of hydrogen-bond donors (Lipinski definition) is 1. The normalized spacial score (nSPS) is 10.4. The zero-order valence-electron chi connectivity index (χ0n) is 10.8.